The van der Waals surface area contributed by atoms with E-state index in [0.29, 0.717) is 0 Å². The van der Waals surface area contributed by atoms with E-state index in [9.17, 15) is 27.6 Å². The minimum absolute atomic E-state index is 0.0129. The van der Waals surface area contributed by atoms with Crippen molar-refractivity contribution in [1.29, 1.82) is 0 Å². The van der Waals surface area contributed by atoms with Crippen LogP contribution >= 0.6 is 0 Å². The minimum Gasteiger partial charge on any atom is -0.451 e. The zero-order chi connectivity index (χ0) is 18.4. The maximum absolute atomic E-state index is 12.0. The Bertz CT molecular complexity index is 701. The van der Waals surface area contributed by atoms with Crippen LogP contribution in [0.1, 0.15) is 12.8 Å². The molecule has 8 nitrogen and oxygen atoms in total. The summed E-state index contributed by atoms with van der Waals surface area (Å²) in [6.07, 6.45) is -4.61. The molecule has 0 bridgehead atoms. The Morgan fingerprint density at radius 2 is 1.88 bits per heavy atom. The van der Waals surface area contributed by atoms with Gasteiger partial charge in [0.25, 0.3) is 5.91 Å². The van der Waals surface area contributed by atoms with Gasteiger partial charge in [0.15, 0.2) is 6.61 Å². The molecule has 0 aromatic heterocycles. The molecule has 0 atom stereocenters. The van der Waals surface area contributed by atoms with Gasteiger partial charge >= 0.3 is 12.3 Å². The lowest BCUT2D eigenvalue weighted by atomic mass is 10.2. The fourth-order valence-electron chi connectivity index (χ4n) is 1.77. The Kier molecular flexibility index (Phi) is 5.57. The van der Waals surface area contributed by atoms with Crippen molar-refractivity contribution in [3.05, 3.63) is 24.3 Å². The van der Waals surface area contributed by atoms with Crippen LogP contribution in [0.4, 0.5) is 18.9 Å². The number of anilines is 1. The monoisotopic (exact) mass is 359 g/mol. The molecule has 2 N–H and O–H groups in total. The van der Waals surface area contributed by atoms with Gasteiger partial charge in [-0.2, -0.15) is 5.10 Å². The van der Waals surface area contributed by atoms with Gasteiger partial charge < -0.3 is 14.8 Å². The molecule has 0 spiro atoms. The van der Waals surface area contributed by atoms with E-state index in [2.05, 4.69) is 20.6 Å². The van der Waals surface area contributed by atoms with E-state index in [-0.39, 0.29) is 30.1 Å². The molecule has 1 aromatic carbocycles. The first kappa shape index (κ1) is 18.2. The lowest BCUT2D eigenvalue weighted by Gasteiger charge is -2.12. The first-order valence-electron chi connectivity index (χ1n) is 6.91. The zero-order valence-electron chi connectivity index (χ0n) is 12.6. The van der Waals surface area contributed by atoms with Gasteiger partial charge in [-0.3, -0.25) is 9.59 Å². The third-order valence-corrected chi connectivity index (χ3v) is 2.85. The molecule has 0 unspecified atom stereocenters. The Balaban J connectivity index is 1.80. The number of hydrogen-bond acceptors (Lipinski definition) is 6. The predicted octanol–water partition coefficient (Wildman–Crippen LogP) is 1.33. The number of nitrogens with zero attached hydrogens (tertiary/aromatic N) is 1. The number of hydrazone groups is 1. The molecule has 25 heavy (non-hydrogen) atoms. The molecule has 134 valence electrons. The zero-order valence-corrected chi connectivity index (χ0v) is 12.6. The van der Waals surface area contributed by atoms with Crippen LogP contribution in [0.15, 0.2) is 29.4 Å². The molecule has 1 aliphatic heterocycles. The minimum atomic E-state index is -4.81. The van der Waals surface area contributed by atoms with E-state index in [1.54, 1.807) is 0 Å². The lowest BCUT2D eigenvalue weighted by Crippen LogP contribution is -2.32. The highest BCUT2D eigenvalue weighted by atomic mass is 19.4. The van der Waals surface area contributed by atoms with Crippen molar-refractivity contribution >= 4 is 29.2 Å². The van der Waals surface area contributed by atoms with Gasteiger partial charge in [-0.15, -0.1) is 13.2 Å². The van der Waals surface area contributed by atoms with Crippen molar-refractivity contribution < 1.29 is 37.0 Å². The summed E-state index contributed by atoms with van der Waals surface area (Å²) in [6.45, 7) is -0.618. The SMILES string of the molecule is O=C1CCC(C(=O)OCC(=O)Nc2ccc(OC(F)(F)F)cc2)=NN1. The van der Waals surface area contributed by atoms with Crippen LogP contribution in [0, 0.1) is 0 Å². The number of hydrogen-bond donors (Lipinski definition) is 2. The van der Waals surface area contributed by atoms with Crippen molar-refractivity contribution in [2.24, 2.45) is 5.10 Å². The number of rotatable bonds is 5. The molecule has 0 saturated heterocycles. The van der Waals surface area contributed by atoms with Crippen LogP contribution in [0.3, 0.4) is 0 Å². The second-order valence-corrected chi connectivity index (χ2v) is 4.79. The van der Waals surface area contributed by atoms with Crippen molar-refractivity contribution in [2.75, 3.05) is 11.9 Å². The molecule has 0 saturated carbocycles. The number of ether oxygens (including phenoxy) is 2. The average Bonchev–Trinajstić information content (AvgIpc) is 2.54. The van der Waals surface area contributed by atoms with E-state index >= 15 is 0 Å². The second kappa shape index (κ2) is 7.64. The topological polar surface area (TPSA) is 106 Å². The molecule has 0 aliphatic carbocycles. The van der Waals surface area contributed by atoms with Gasteiger partial charge in [-0.05, 0) is 24.3 Å². The van der Waals surface area contributed by atoms with Gasteiger partial charge in [0.2, 0.25) is 5.91 Å². The third kappa shape index (κ3) is 6.12. The molecular formula is C14H12F3N3O5. The molecule has 0 radical (unpaired) electrons. The van der Waals surface area contributed by atoms with E-state index in [1.807, 2.05) is 0 Å². The summed E-state index contributed by atoms with van der Waals surface area (Å²) in [5.74, 6) is -2.30. The first-order chi connectivity index (χ1) is 11.7. The summed E-state index contributed by atoms with van der Waals surface area (Å²) in [7, 11) is 0. The summed E-state index contributed by atoms with van der Waals surface area (Å²) in [4.78, 5) is 34.2. The van der Waals surface area contributed by atoms with E-state index in [1.165, 1.54) is 12.1 Å². The van der Waals surface area contributed by atoms with Crippen LogP contribution in [-0.4, -0.2) is 36.5 Å². The summed E-state index contributed by atoms with van der Waals surface area (Å²) in [6, 6.07) is 4.44. The number of halogens is 3. The molecular weight excluding hydrogens is 347 g/mol. The maximum atomic E-state index is 12.0. The second-order valence-electron chi connectivity index (χ2n) is 4.79. The number of alkyl halides is 3. The Morgan fingerprint density at radius 3 is 2.44 bits per heavy atom. The summed E-state index contributed by atoms with van der Waals surface area (Å²) >= 11 is 0. The van der Waals surface area contributed by atoms with Crippen molar-refractivity contribution in [3.8, 4) is 5.75 Å². The molecule has 2 rings (SSSR count). The van der Waals surface area contributed by atoms with E-state index < -0.39 is 30.6 Å². The summed E-state index contributed by atoms with van der Waals surface area (Å²) in [5, 5.41) is 5.85. The maximum Gasteiger partial charge on any atom is 0.573 e. The number of carbonyl (C=O) groups excluding carboxylic acids is 3. The highest BCUT2D eigenvalue weighted by molar-refractivity contribution is 6.37. The van der Waals surface area contributed by atoms with Crippen LogP contribution in [0.5, 0.6) is 5.75 Å². The molecule has 1 aliphatic rings. The fourth-order valence-corrected chi connectivity index (χ4v) is 1.77. The Morgan fingerprint density at radius 1 is 1.20 bits per heavy atom. The van der Waals surface area contributed by atoms with Crippen LogP contribution in [-0.2, 0) is 19.1 Å². The molecule has 1 aromatic rings. The molecule has 0 fully saturated rings. The normalized spacial score (nSPS) is 14.2. The number of amides is 2. The van der Waals surface area contributed by atoms with Crippen molar-refractivity contribution in [2.45, 2.75) is 19.2 Å². The van der Waals surface area contributed by atoms with Gasteiger partial charge in [0.05, 0.1) is 0 Å². The van der Waals surface area contributed by atoms with Crippen LogP contribution in [0.25, 0.3) is 0 Å². The smallest absolute Gasteiger partial charge is 0.451 e. The largest absolute Gasteiger partial charge is 0.573 e. The summed E-state index contributed by atoms with van der Waals surface area (Å²) < 4.78 is 44.5. The quantitative estimate of drug-likeness (QED) is 0.772. The Labute approximate surface area is 139 Å². The van der Waals surface area contributed by atoms with Gasteiger partial charge in [-0.25, -0.2) is 10.2 Å². The first-order valence-corrected chi connectivity index (χ1v) is 6.91. The Hall–Kier alpha value is -3.11. The number of esters is 1. The van der Waals surface area contributed by atoms with Gasteiger partial charge in [-0.1, -0.05) is 0 Å². The number of nitrogens with one attached hydrogen (secondary N) is 2. The lowest BCUT2D eigenvalue weighted by molar-refractivity contribution is -0.274. The molecule has 11 heteroatoms. The fraction of sp³-hybridized carbons (Fsp3) is 0.286. The number of benzene rings is 1. The highest BCUT2D eigenvalue weighted by Crippen LogP contribution is 2.23. The summed E-state index contributed by atoms with van der Waals surface area (Å²) in [5.41, 5.74) is 2.30. The average molecular weight is 359 g/mol. The van der Waals surface area contributed by atoms with Crippen molar-refractivity contribution in [1.82, 2.24) is 5.43 Å². The molecule has 1 heterocycles. The van der Waals surface area contributed by atoms with Crippen LogP contribution < -0.4 is 15.5 Å². The standard InChI is InChI=1S/C14H12F3N3O5/c15-14(16,17)25-9-3-1-8(2-4-9)18-12(22)7-24-13(23)10-5-6-11(21)20-19-10/h1-4H,5-7H2,(H,18,22)(H,20,21). The van der Waals surface area contributed by atoms with Gasteiger partial charge in [0, 0.05) is 18.5 Å². The van der Waals surface area contributed by atoms with Crippen LogP contribution in [0.2, 0.25) is 0 Å². The third-order valence-electron chi connectivity index (χ3n) is 2.85. The highest BCUT2D eigenvalue weighted by Gasteiger charge is 2.31. The van der Waals surface area contributed by atoms with Gasteiger partial charge in [0.1, 0.15) is 11.5 Å². The molecule has 2 amide bonds. The number of carbonyl (C=O) groups is 3. The van der Waals surface area contributed by atoms with E-state index in [0.717, 1.165) is 12.1 Å². The van der Waals surface area contributed by atoms with Crippen molar-refractivity contribution in [3.63, 3.8) is 0 Å². The predicted molar refractivity (Wildman–Crippen MR) is 77.5 cm³/mol. The van der Waals surface area contributed by atoms with E-state index in [4.69, 9.17) is 4.74 Å².